The first-order valence-corrected chi connectivity index (χ1v) is 17.4. The van der Waals surface area contributed by atoms with Crippen LogP contribution in [0.15, 0.2) is 139 Å². The van der Waals surface area contributed by atoms with Crippen LogP contribution >= 0.6 is 0 Å². The van der Waals surface area contributed by atoms with Gasteiger partial charge in [-0.1, -0.05) is 79.2 Å². The fourth-order valence-electron chi connectivity index (χ4n) is 8.29. The Morgan fingerprint density at radius 3 is 2.42 bits per heavy atom. The zero-order valence-corrected chi connectivity index (χ0v) is 28.9. The first-order chi connectivity index (χ1) is 24.4. The van der Waals surface area contributed by atoms with Crippen LogP contribution in [-0.4, -0.2) is 10.6 Å². The summed E-state index contributed by atoms with van der Waals surface area (Å²) in [5, 5.41) is 23.1. The highest BCUT2D eigenvalue weighted by atomic mass is 15.2. The van der Waals surface area contributed by atoms with Gasteiger partial charge in [0.25, 0.3) is 0 Å². The topological polar surface area (TPSA) is 55.8 Å². The number of anilines is 1. The minimum atomic E-state index is -0.00308. The van der Waals surface area contributed by atoms with Crippen LogP contribution in [-0.2, 0) is 0 Å². The van der Waals surface area contributed by atoms with Gasteiger partial charge in [-0.2, -0.15) is 10.5 Å². The van der Waals surface area contributed by atoms with Gasteiger partial charge in [0, 0.05) is 44.4 Å². The molecule has 2 heterocycles. The number of hydrogen-bond acceptors (Lipinski definition) is 3. The fraction of sp³-hybridized carbons (Fsp3) is 0.174. The molecular formula is C46H38N4. The number of fused-ring (bicyclic) bond motifs is 4. The molecule has 1 aliphatic carbocycles. The van der Waals surface area contributed by atoms with Gasteiger partial charge >= 0.3 is 0 Å². The van der Waals surface area contributed by atoms with E-state index in [1.165, 1.54) is 33.1 Å². The molecule has 0 N–H and O–H groups in total. The van der Waals surface area contributed by atoms with E-state index in [1.807, 2.05) is 18.2 Å². The van der Waals surface area contributed by atoms with Gasteiger partial charge in [-0.3, -0.25) is 0 Å². The maximum atomic E-state index is 10.6. The van der Waals surface area contributed by atoms with Gasteiger partial charge in [0.05, 0.1) is 40.3 Å². The van der Waals surface area contributed by atoms with Gasteiger partial charge in [-0.05, 0) is 111 Å². The quantitative estimate of drug-likeness (QED) is 0.175. The lowest BCUT2D eigenvalue weighted by Crippen LogP contribution is -2.40. The summed E-state index contributed by atoms with van der Waals surface area (Å²) < 4.78 is 2.33. The molecule has 2 aliphatic rings. The van der Waals surface area contributed by atoms with Crippen molar-refractivity contribution in [2.24, 2.45) is 5.41 Å². The Balaban J connectivity index is 1.26. The molecule has 5 aromatic carbocycles. The van der Waals surface area contributed by atoms with E-state index in [0.717, 1.165) is 52.0 Å². The van der Waals surface area contributed by atoms with E-state index < -0.39 is 0 Å². The van der Waals surface area contributed by atoms with Crippen LogP contribution in [0.1, 0.15) is 50.3 Å². The maximum absolute atomic E-state index is 10.6. The first kappa shape index (κ1) is 31.2. The average molecular weight is 647 g/mol. The van der Waals surface area contributed by atoms with Gasteiger partial charge in [0.15, 0.2) is 0 Å². The molecule has 1 aliphatic heterocycles. The minimum absolute atomic E-state index is 0.00308. The maximum Gasteiger partial charge on any atom is 0.0998 e. The van der Waals surface area contributed by atoms with Crippen molar-refractivity contribution in [2.75, 3.05) is 4.90 Å². The highest BCUT2D eigenvalue weighted by molar-refractivity contribution is 6.09. The summed E-state index contributed by atoms with van der Waals surface area (Å²) in [6.07, 6.45) is 11.1. The van der Waals surface area contributed by atoms with Gasteiger partial charge in [0.1, 0.15) is 0 Å². The summed E-state index contributed by atoms with van der Waals surface area (Å²) in [4.78, 5) is 2.42. The Labute approximate surface area is 294 Å². The smallest absolute Gasteiger partial charge is 0.0998 e. The highest BCUT2D eigenvalue weighted by Gasteiger charge is 2.47. The Kier molecular flexibility index (Phi) is 7.55. The molecule has 0 spiro atoms. The molecule has 4 nitrogen and oxygen atoms in total. The summed E-state index contributed by atoms with van der Waals surface area (Å²) in [6, 6.07) is 40.8. The lowest BCUT2D eigenvalue weighted by molar-refractivity contribution is 0.335. The molecular weight excluding hydrogens is 609 g/mol. The van der Waals surface area contributed by atoms with Crippen LogP contribution in [0.5, 0.6) is 0 Å². The van der Waals surface area contributed by atoms with E-state index in [0.29, 0.717) is 11.1 Å². The first-order valence-electron chi connectivity index (χ1n) is 17.4. The molecule has 0 radical (unpaired) electrons. The van der Waals surface area contributed by atoms with Gasteiger partial charge in [-0.15, -0.1) is 0 Å². The SMILES string of the molecule is C/C=C\C1=C(C)C2(C)CCC=CC2N1c1ccc(C#N)cc1-c1ccc(-c2cccc(-n3c4ccccc4c4cc(C)ccc43)c2)cc1C#N. The normalized spacial score (nSPS) is 18.6. The van der Waals surface area contributed by atoms with Crippen molar-refractivity contribution in [3.05, 3.63) is 155 Å². The third-order valence-corrected chi connectivity index (χ3v) is 11.0. The number of rotatable bonds is 5. The molecule has 2 unspecified atom stereocenters. The van der Waals surface area contributed by atoms with Gasteiger partial charge in [0.2, 0.25) is 0 Å². The Morgan fingerprint density at radius 2 is 1.60 bits per heavy atom. The summed E-state index contributed by atoms with van der Waals surface area (Å²) in [5.41, 5.74) is 13.0. The number of aryl methyl sites for hydroxylation is 1. The predicted molar refractivity (Wildman–Crippen MR) is 206 cm³/mol. The van der Waals surface area contributed by atoms with Crippen molar-refractivity contribution >= 4 is 27.5 Å². The molecule has 0 amide bonds. The molecule has 0 saturated heterocycles. The Hall–Kier alpha value is -6.10. The largest absolute Gasteiger partial charge is 0.333 e. The van der Waals surface area contributed by atoms with Crippen molar-refractivity contribution in [3.8, 4) is 40.1 Å². The number of nitrogens with zero attached hydrogens (tertiary/aromatic N) is 4. The molecule has 0 fully saturated rings. The van der Waals surface area contributed by atoms with Crippen molar-refractivity contribution in [3.63, 3.8) is 0 Å². The van der Waals surface area contributed by atoms with Gasteiger partial charge < -0.3 is 9.47 Å². The van der Waals surface area contributed by atoms with E-state index in [4.69, 9.17) is 0 Å². The van der Waals surface area contributed by atoms with Crippen LogP contribution in [0.2, 0.25) is 0 Å². The number of aromatic nitrogens is 1. The predicted octanol–water partition coefficient (Wildman–Crippen LogP) is 11.6. The number of allylic oxidation sites excluding steroid dienone is 3. The molecule has 8 rings (SSSR count). The lowest BCUT2D eigenvalue weighted by Gasteiger charge is -2.39. The zero-order valence-electron chi connectivity index (χ0n) is 28.9. The van der Waals surface area contributed by atoms with Gasteiger partial charge in [-0.25, -0.2) is 0 Å². The molecule has 4 heteroatoms. The molecule has 50 heavy (non-hydrogen) atoms. The lowest BCUT2D eigenvalue weighted by atomic mass is 9.72. The number of para-hydroxylation sites is 1. The van der Waals surface area contributed by atoms with Crippen LogP contribution in [0.25, 0.3) is 49.7 Å². The van der Waals surface area contributed by atoms with Crippen molar-refractivity contribution in [1.29, 1.82) is 10.5 Å². The summed E-state index contributed by atoms with van der Waals surface area (Å²) in [7, 11) is 0. The van der Waals surface area contributed by atoms with Crippen LogP contribution in [0.3, 0.4) is 0 Å². The number of benzene rings is 5. The Morgan fingerprint density at radius 1 is 0.780 bits per heavy atom. The summed E-state index contributed by atoms with van der Waals surface area (Å²) in [5.74, 6) is 0. The molecule has 0 bridgehead atoms. The second kappa shape index (κ2) is 12.1. The van der Waals surface area contributed by atoms with Crippen LogP contribution in [0, 0.1) is 35.0 Å². The van der Waals surface area contributed by atoms with Crippen molar-refractivity contribution in [1.82, 2.24) is 4.57 Å². The summed E-state index contributed by atoms with van der Waals surface area (Å²) in [6.45, 7) is 8.82. The number of nitriles is 2. The van der Waals surface area contributed by atoms with E-state index in [-0.39, 0.29) is 11.5 Å². The average Bonchev–Trinajstić information content (AvgIpc) is 3.59. The monoisotopic (exact) mass is 646 g/mol. The van der Waals surface area contributed by atoms with E-state index in [1.54, 1.807) is 0 Å². The van der Waals surface area contributed by atoms with E-state index >= 15 is 0 Å². The molecule has 2 atom stereocenters. The van der Waals surface area contributed by atoms with Crippen molar-refractivity contribution < 1.29 is 0 Å². The minimum Gasteiger partial charge on any atom is -0.333 e. The molecule has 6 aromatic rings. The highest BCUT2D eigenvalue weighted by Crippen LogP contribution is 2.53. The number of hydrogen-bond donors (Lipinski definition) is 0. The Bertz CT molecular complexity index is 2530. The molecule has 242 valence electrons. The van der Waals surface area contributed by atoms with Crippen molar-refractivity contribution in [2.45, 2.75) is 46.6 Å². The summed E-state index contributed by atoms with van der Waals surface area (Å²) >= 11 is 0. The van der Waals surface area contributed by atoms with Crippen LogP contribution < -0.4 is 4.90 Å². The fourth-order valence-corrected chi connectivity index (χ4v) is 8.29. The van der Waals surface area contributed by atoms with Crippen LogP contribution in [0.4, 0.5) is 5.69 Å². The van der Waals surface area contributed by atoms with E-state index in [9.17, 15) is 10.5 Å². The second-order valence-corrected chi connectivity index (χ2v) is 13.8. The second-order valence-electron chi connectivity index (χ2n) is 13.8. The van der Waals surface area contributed by atoms with E-state index in [2.05, 4.69) is 159 Å². The third kappa shape index (κ3) is 4.80. The standard InChI is InChI=1S/C46H38N4/c1-5-11-41-31(3)46(4)23-9-8-16-45(46)50(41)44-22-18-32(28-47)25-40(44)37-20-19-34(26-35(37)29-48)33-12-10-13-36(27-33)49-42-15-7-6-14-38(42)39-24-30(2)17-21-43(39)49/h5-8,10-22,24-27,45H,9,23H2,1-4H3/b11-5-. The molecule has 0 saturated carbocycles. The third-order valence-electron chi connectivity index (χ3n) is 11.0. The molecule has 1 aromatic heterocycles. The zero-order chi connectivity index (χ0) is 34.6.